The Bertz CT molecular complexity index is 2340. The van der Waals surface area contributed by atoms with Crippen molar-refractivity contribution in [1.82, 2.24) is 9.55 Å². The SMILES string of the molecule is CC(=O)OC[C@H]1[C@H]2[C@@H](OC(C)=O)[C@@H](OC(C)=O)[C@@]3(COC(C)=O)[C@H](OC(C)=O)[C@H](OC(=O)c4ccc(=O)n(C)c4)[C@H]4OC(=O)[C@@](C)(O)CCc5ncccc5C(=O)OC[C@H]2O[C@]13[C@]4(C)O. The molecule has 22 heteroatoms. The highest BCUT2D eigenvalue weighted by molar-refractivity contribution is 5.91. The number of hydrogen-bond donors (Lipinski definition) is 2. The number of hydrogen-bond acceptors (Lipinski definition) is 21. The number of carbonyl (C=O) groups is 8. The van der Waals surface area contributed by atoms with Gasteiger partial charge < -0.3 is 57.4 Å². The lowest BCUT2D eigenvalue weighted by atomic mass is 9.43. The summed E-state index contributed by atoms with van der Waals surface area (Å²) in [5.41, 5.74) is -11.7. The molecule has 2 saturated carbocycles. The monoisotopic (exact) mass is 914 g/mol. The quantitative estimate of drug-likeness (QED) is 0.244. The Kier molecular flexibility index (Phi) is 13.3. The van der Waals surface area contributed by atoms with E-state index in [1.54, 1.807) is 0 Å². The first-order chi connectivity index (χ1) is 30.4. The minimum Gasteiger partial charge on any atom is -0.465 e. The second-order valence-electron chi connectivity index (χ2n) is 16.9. The molecule has 2 aliphatic heterocycles. The molecule has 2 aliphatic carbocycles. The molecule has 2 N–H and O–H groups in total. The van der Waals surface area contributed by atoms with E-state index in [2.05, 4.69) is 4.98 Å². The first-order valence-electron chi connectivity index (χ1n) is 20.5. The van der Waals surface area contributed by atoms with Gasteiger partial charge in [-0.05, 0) is 44.9 Å². The standard InChI is InChI=1S/C43H50N2O20/c1-20(46)57-17-27-31-29-18-58-38(53)26-10-9-15-44-28(26)13-14-40(6,55)39(54)64-34-33(63-37(52)25-11-12-30(51)45(8)16-25)36(62-24(5)50)42(19-59-21(2)47,43(27,65-29)41(34,7)56)35(61-23(4)49)32(31)60-22(3)48/h9-12,15-16,27,29,31-36,55-56H,13-14,17-19H2,1-8H3/t27-,29+,31+,32+,33+,34+,35+,36+,40-,41+,42-,43-/m0/s1. The van der Waals surface area contributed by atoms with E-state index in [9.17, 15) is 53.4 Å². The van der Waals surface area contributed by atoms with Crippen molar-refractivity contribution >= 4 is 47.8 Å². The molecule has 2 aromatic heterocycles. The third-order valence-electron chi connectivity index (χ3n) is 12.5. The fourth-order valence-electron chi connectivity index (χ4n) is 9.94. The molecule has 0 amide bonds. The van der Waals surface area contributed by atoms with Gasteiger partial charge in [0.2, 0.25) is 5.56 Å². The van der Waals surface area contributed by atoms with E-state index in [0.717, 1.165) is 71.4 Å². The van der Waals surface area contributed by atoms with Crippen LogP contribution in [-0.4, -0.2) is 141 Å². The van der Waals surface area contributed by atoms with E-state index in [1.807, 2.05) is 0 Å². The van der Waals surface area contributed by atoms with Gasteiger partial charge in [0.25, 0.3) is 0 Å². The lowest BCUT2D eigenvalue weighted by Crippen LogP contribution is -2.88. The molecule has 4 heterocycles. The van der Waals surface area contributed by atoms with Crippen LogP contribution in [0.4, 0.5) is 0 Å². The van der Waals surface area contributed by atoms with Crippen LogP contribution in [-0.2, 0) is 84.9 Å². The topological polar surface area (TPSA) is 295 Å². The van der Waals surface area contributed by atoms with Crippen LogP contribution in [0.25, 0.3) is 0 Å². The minimum atomic E-state index is -2.93. The van der Waals surface area contributed by atoms with E-state index in [-0.39, 0.29) is 23.2 Å². The summed E-state index contributed by atoms with van der Waals surface area (Å²) >= 11 is 0. The number of aryl methyl sites for hydroxylation is 2. The number of aliphatic hydroxyl groups is 2. The zero-order valence-electron chi connectivity index (χ0n) is 36.8. The molecule has 0 unspecified atom stereocenters. The van der Waals surface area contributed by atoms with E-state index in [1.165, 1.54) is 25.4 Å². The summed E-state index contributed by atoms with van der Waals surface area (Å²) in [7, 11) is 1.33. The van der Waals surface area contributed by atoms with Crippen molar-refractivity contribution in [1.29, 1.82) is 0 Å². The summed E-state index contributed by atoms with van der Waals surface area (Å²) in [5, 5.41) is 25.5. The number of esters is 8. The number of carbonyl (C=O) groups excluding carboxylic acids is 8. The largest absolute Gasteiger partial charge is 0.465 e. The van der Waals surface area contributed by atoms with Gasteiger partial charge >= 0.3 is 47.8 Å². The predicted molar refractivity (Wildman–Crippen MR) is 212 cm³/mol. The Morgan fingerprint density at radius 3 is 2.06 bits per heavy atom. The first-order valence-corrected chi connectivity index (χ1v) is 20.5. The molecule has 6 rings (SSSR count). The van der Waals surface area contributed by atoms with Crippen LogP contribution in [0.5, 0.6) is 0 Å². The van der Waals surface area contributed by atoms with Crippen LogP contribution in [0, 0.1) is 17.3 Å². The van der Waals surface area contributed by atoms with Crippen molar-refractivity contribution < 1.29 is 91.2 Å². The molecule has 0 aromatic carbocycles. The zero-order chi connectivity index (χ0) is 48.0. The lowest BCUT2D eigenvalue weighted by Gasteiger charge is -2.68. The highest BCUT2D eigenvalue weighted by Crippen LogP contribution is 2.69. The summed E-state index contributed by atoms with van der Waals surface area (Å²) in [5.74, 6) is -11.9. The molecule has 3 fully saturated rings. The van der Waals surface area contributed by atoms with Gasteiger partial charge in [-0.2, -0.15) is 0 Å². The fraction of sp³-hybridized carbons (Fsp3) is 0.581. The van der Waals surface area contributed by atoms with E-state index < -0.39 is 150 Å². The van der Waals surface area contributed by atoms with Crippen LogP contribution >= 0.6 is 0 Å². The van der Waals surface area contributed by atoms with Gasteiger partial charge in [0, 0.05) is 72.0 Å². The number of ether oxygens (including phenoxy) is 9. The fourth-order valence-corrected chi connectivity index (χ4v) is 9.94. The Hall–Kier alpha value is -6.26. The Morgan fingerprint density at radius 1 is 0.831 bits per heavy atom. The van der Waals surface area contributed by atoms with Crippen LogP contribution in [0.3, 0.4) is 0 Å². The molecule has 4 aliphatic rings. The summed E-state index contributed by atoms with van der Waals surface area (Å²) in [6, 6.07) is 4.93. The van der Waals surface area contributed by atoms with Crippen LogP contribution in [0.2, 0.25) is 0 Å². The molecule has 1 spiro atoms. The summed E-state index contributed by atoms with van der Waals surface area (Å²) in [4.78, 5) is 125. The molecule has 352 valence electrons. The Morgan fingerprint density at radius 2 is 1.46 bits per heavy atom. The molecule has 22 nitrogen and oxygen atoms in total. The van der Waals surface area contributed by atoms with E-state index in [4.69, 9.17) is 42.6 Å². The molecule has 12 atom stereocenters. The molecular weight excluding hydrogens is 864 g/mol. The van der Waals surface area contributed by atoms with Crippen molar-refractivity contribution in [2.24, 2.45) is 24.3 Å². The summed E-state index contributed by atoms with van der Waals surface area (Å²) in [6.45, 7) is 4.39. The maximum absolute atomic E-state index is 14.5. The molecule has 1 saturated heterocycles. The minimum absolute atomic E-state index is 0.0794. The van der Waals surface area contributed by atoms with E-state index >= 15 is 0 Å². The van der Waals surface area contributed by atoms with Gasteiger partial charge in [0.15, 0.2) is 30.0 Å². The number of cyclic esters (lactones) is 1. The maximum atomic E-state index is 14.5. The Balaban J connectivity index is 1.77. The summed E-state index contributed by atoms with van der Waals surface area (Å²) in [6.07, 6.45) is -10.5. The molecule has 65 heavy (non-hydrogen) atoms. The van der Waals surface area contributed by atoms with Gasteiger partial charge in [0.1, 0.15) is 35.9 Å². The van der Waals surface area contributed by atoms with Crippen LogP contribution in [0.15, 0.2) is 41.5 Å². The third-order valence-corrected chi connectivity index (χ3v) is 12.5. The predicted octanol–water partition coefficient (Wildman–Crippen LogP) is -0.172. The van der Waals surface area contributed by atoms with Crippen LogP contribution in [0.1, 0.15) is 81.3 Å². The average molecular weight is 915 g/mol. The van der Waals surface area contributed by atoms with Crippen molar-refractivity contribution in [2.45, 2.75) is 115 Å². The molecular formula is C43H50N2O20. The summed E-state index contributed by atoms with van der Waals surface area (Å²) < 4.78 is 55.4. The second-order valence-corrected chi connectivity index (χ2v) is 16.9. The average Bonchev–Trinajstić information content (AvgIpc) is 3.51. The van der Waals surface area contributed by atoms with Gasteiger partial charge in [-0.15, -0.1) is 0 Å². The van der Waals surface area contributed by atoms with Gasteiger partial charge in [-0.1, -0.05) is 0 Å². The van der Waals surface area contributed by atoms with Gasteiger partial charge in [-0.25, -0.2) is 14.4 Å². The normalized spacial score (nSPS) is 33.9. The second kappa shape index (κ2) is 18.0. The third kappa shape index (κ3) is 8.56. The van der Waals surface area contributed by atoms with Crippen molar-refractivity contribution in [3.8, 4) is 0 Å². The van der Waals surface area contributed by atoms with Gasteiger partial charge in [0.05, 0.1) is 29.5 Å². The lowest BCUT2D eigenvalue weighted by molar-refractivity contribution is -0.379. The highest BCUT2D eigenvalue weighted by atomic mass is 16.7. The van der Waals surface area contributed by atoms with Crippen LogP contribution < -0.4 is 5.56 Å². The number of pyridine rings is 2. The molecule has 0 radical (unpaired) electrons. The van der Waals surface area contributed by atoms with Crippen molar-refractivity contribution in [3.05, 3.63) is 63.8 Å². The van der Waals surface area contributed by atoms with E-state index in [0.29, 0.717) is 0 Å². The number of nitrogens with zero attached hydrogens (tertiary/aromatic N) is 2. The molecule has 2 aromatic rings. The smallest absolute Gasteiger partial charge is 0.340 e. The number of aromatic nitrogens is 2. The van der Waals surface area contributed by atoms with Crippen molar-refractivity contribution in [3.63, 3.8) is 0 Å². The van der Waals surface area contributed by atoms with Gasteiger partial charge in [-0.3, -0.25) is 33.8 Å². The number of fused-ring (bicyclic) bond motifs is 5. The van der Waals surface area contributed by atoms with Crippen molar-refractivity contribution in [2.75, 3.05) is 19.8 Å². The first kappa shape index (κ1) is 48.2. The Labute approximate surface area is 370 Å². The number of rotatable bonds is 9. The highest BCUT2D eigenvalue weighted by Gasteiger charge is 2.89. The molecule has 4 bridgehead atoms. The zero-order valence-corrected chi connectivity index (χ0v) is 36.8. The maximum Gasteiger partial charge on any atom is 0.340 e.